The molecular formula is C12H20N2OS. The maximum atomic E-state index is 11.4. The van der Waals surface area contributed by atoms with E-state index in [-0.39, 0.29) is 5.78 Å². The van der Waals surface area contributed by atoms with Crippen LogP contribution in [-0.4, -0.2) is 23.4 Å². The van der Waals surface area contributed by atoms with Gasteiger partial charge >= 0.3 is 0 Å². The number of ketones is 1. The molecule has 4 heteroatoms. The zero-order valence-electron chi connectivity index (χ0n) is 10.7. The van der Waals surface area contributed by atoms with Crippen molar-refractivity contribution < 1.29 is 4.79 Å². The Hall–Kier alpha value is -0.900. The quantitative estimate of drug-likeness (QED) is 0.741. The van der Waals surface area contributed by atoms with E-state index in [9.17, 15) is 4.79 Å². The Morgan fingerprint density at radius 1 is 1.50 bits per heavy atom. The molecule has 0 fully saturated rings. The second-order valence-corrected chi connectivity index (χ2v) is 5.23. The van der Waals surface area contributed by atoms with Gasteiger partial charge in [-0.2, -0.15) is 0 Å². The van der Waals surface area contributed by atoms with Crippen LogP contribution in [0.15, 0.2) is 0 Å². The Morgan fingerprint density at radius 2 is 2.12 bits per heavy atom. The number of anilines is 1. The van der Waals surface area contributed by atoms with Gasteiger partial charge < -0.3 is 4.90 Å². The van der Waals surface area contributed by atoms with Gasteiger partial charge in [-0.05, 0) is 27.2 Å². The van der Waals surface area contributed by atoms with Gasteiger partial charge in [0.05, 0.1) is 10.6 Å². The van der Waals surface area contributed by atoms with Crippen LogP contribution in [0.5, 0.6) is 0 Å². The summed E-state index contributed by atoms with van der Waals surface area (Å²) < 4.78 is 0. The molecule has 0 spiro atoms. The Kier molecular flexibility index (Phi) is 4.47. The molecule has 0 aliphatic carbocycles. The first-order valence-electron chi connectivity index (χ1n) is 5.72. The number of nitrogens with zero attached hydrogens (tertiary/aromatic N) is 2. The van der Waals surface area contributed by atoms with Crippen LogP contribution in [0.1, 0.15) is 49.5 Å². The summed E-state index contributed by atoms with van der Waals surface area (Å²) >= 11 is 1.51. The molecule has 90 valence electrons. The molecule has 0 unspecified atom stereocenters. The van der Waals surface area contributed by atoms with Gasteiger partial charge in [0.1, 0.15) is 0 Å². The number of rotatable bonds is 5. The Balaban J connectivity index is 3.01. The van der Waals surface area contributed by atoms with Crippen molar-refractivity contribution in [2.24, 2.45) is 0 Å². The fourth-order valence-electron chi connectivity index (χ4n) is 1.65. The SMILES string of the molecule is CCCN(c1nc(C)c(C(C)=O)s1)C(C)C. The lowest BCUT2D eigenvalue weighted by Gasteiger charge is -2.25. The molecule has 0 bridgehead atoms. The number of carbonyl (C=O) groups excluding carboxylic acids is 1. The van der Waals surface area contributed by atoms with Crippen molar-refractivity contribution >= 4 is 22.3 Å². The van der Waals surface area contributed by atoms with Crippen molar-refractivity contribution in [3.8, 4) is 0 Å². The summed E-state index contributed by atoms with van der Waals surface area (Å²) in [7, 11) is 0. The summed E-state index contributed by atoms with van der Waals surface area (Å²) in [5, 5.41) is 0.972. The van der Waals surface area contributed by atoms with Crippen molar-refractivity contribution in [1.29, 1.82) is 0 Å². The average Bonchev–Trinajstić information content (AvgIpc) is 2.56. The minimum atomic E-state index is 0.112. The highest BCUT2D eigenvalue weighted by atomic mass is 32.1. The third-order valence-electron chi connectivity index (χ3n) is 2.44. The van der Waals surface area contributed by atoms with Crippen LogP contribution < -0.4 is 4.90 Å². The first-order chi connectivity index (χ1) is 7.47. The molecule has 0 saturated heterocycles. The van der Waals surface area contributed by atoms with E-state index < -0.39 is 0 Å². The third kappa shape index (κ3) is 2.82. The van der Waals surface area contributed by atoms with E-state index in [1.807, 2.05) is 6.92 Å². The normalized spacial score (nSPS) is 10.9. The molecule has 0 aliphatic rings. The molecule has 0 atom stereocenters. The lowest BCUT2D eigenvalue weighted by molar-refractivity contribution is 0.102. The van der Waals surface area contributed by atoms with Gasteiger partial charge in [-0.25, -0.2) is 4.98 Å². The zero-order chi connectivity index (χ0) is 12.3. The summed E-state index contributed by atoms with van der Waals surface area (Å²) in [6, 6.07) is 0.422. The van der Waals surface area contributed by atoms with E-state index in [0.717, 1.165) is 28.7 Å². The Labute approximate surface area is 101 Å². The van der Waals surface area contributed by atoms with Gasteiger partial charge in [-0.1, -0.05) is 18.3 Å². The summed E-state index contributed by atoms with van der Waals surface area (Å²) in [6.45, 7) is 11.0. The van der Waals surface area contributed by atoms with Crippen LogP contribution in [0.25, 0.3) is 0 Å². The lowest BCUT2D eigenvalue weighted by Crippen LogP contribution is -2.31. The number of hydrogen-bond donors (Lipinski definition) is 0. The van der Waals surface area contributed by atoms with Crippen molar-refractivity contribution in [2.45, 2.75) is 47.1 Å². The van der Waals surface area contributed by atoms with Gasteiger partial charge in [0.2, 0.25) is 0 Å². The van der Waals surface area contributed by atoms with Crippen LogP contribution in [0.4, 0.5) is 5.13 Å². The molecule has 0 radical (unpaired) electrons. The third-order valence-corrected chi connectivity index (χ3v) is 3.73. The predicted octanol–water partition coefficient (Wildman–Crippen LogP) is 3.28. The first-order valence-corrected chi connectivity index (χ1v) is 6.54. The van der Waals surface area contributed by atoms with Crippen LogP contribution in [0, 0.1) is 6.92 Å². The summed E-state index contributed by atoms with van der Waals surface area (Å²) in [5.74, 6) is 0.112. The number of aromatic nitrogens is 1. The van der Waals surface area contributed by atoms with Crippen molar-refractivity contribution in [1.82, 2.24) is 4.98 Å². The fourth-order valence-corrected chi connectivity index (χ4v) is 2.77. The molecule has 1 heterocycles. The van der Waals surface area contributed by atoms with Crippen LogP contribution in [-0.2, 0) is 0 Å². The molecule has 0 N–H and O–H groups in total. The van der Waals surface area contributed by atoms with E-state index >= 15 is 0 Å². The van der Waals surface area contributed by atoms with Crippen molar-refractivity contribution in [3.05, 3.63) is 10.6 Å². The number of thiazole rings is 1. The second-order valence-electron chi connectivity index (χ2n) is 4.25. The molecule has 1 rings (SSSR count). The number of carbonyl (C=O) groups is 1. The summed E-state index contributed by atoms with van der Waals surface area (Å²) in [6.07, 6.45) is 1.09. The molecule has 0 saturated carbocycles. The Bertz CT molecular complexity index is 371. The predicted molar refractivity (Wildman–Crippen MR) is 69.6 cm³/mol. The highest BCUT2D eigenvalue weighted by Gasteiger charge is 2.17. The maximum absolute atomic E-state index is 11.4. The highest BCUT2D eigenvalue weighted by Crippen LogP contribution is 2.27. The molecule has 1 aromatic heterocycles. The molecular weight excluding hydrogens is 220 g/mol. The van der Waals surface area contributed by atoms with Crippen LogP contribution >= 0.6 is 11.3 Å². The summed E-state index contributed by atoms with van der Waals surface area (Å²) in [4.78, 5) is 18.9. The monoisotopic (exact) mass is 240 g/mol. The first kappa shape index (κ1) is 13.2. The minimum Gasteiger partial charge on any atom is -0.346 e. The van der Waals surface area contributed by atoms with Crippen molar-refractivity contribution in [2.75, 3.05) is 11.4 Å². The lowest BCUT2D eigenvalue weighted by atomic mass is 10.3. The maximum Gasteiger partial charge on any atom is 0.186 e. The molecule has 1 aromatic rings. The van der Waals surface area contributed by atoms with Crippen LogP contribution in [0.3, 0.4) is 0 Å². The van der Waals surface area contributed by atoms with Gasteiger partial charge in [0.25, 0.3) is 0 Å². The smallest absolute Gasteiger partial charge is 0.186 e. The van der Waals surface area contributed by atoms with Gasteiger partial charge in [0.15, 0.2) is 10.9 Å². The van der Waals surface area contributed by atoms with Gasteiger partial charge in [-0.15, -0.1) is 0 Å². The van der Waals surface area contributed by atoms with E-state index in [1.54, 1.807) is 6.92 Å². The van der Waals surface area contributed by atoms with E-state index in [0.29, 0.717) is 6.04 Å². The molecule has 16 heavy (non-hydrogen) atoms. The van der Waals surface area contributed by atoms with Gasteiger partial charge in [0, 0.05) is 19.5 Å². The average molecular weight is 240 g/mol. The minimum absolute atomic E-state index is 0.112. The number of Topliss-reactive ketones (excluding diaryl/α,β-unsaturated/α-hetero) is 1. The fraction of sp³-hybridized carbons (Fsp3) is 0.667. The largest absolute Gasteiger partial charge is 0.346 e. The Morgan fingerprint density at radius 3 is 2.50 bits per heavy atom. The van der Waals surface area contributed by atoms with Crippen LogP contribution in [0.2, 0.25) is 0 Å². The second kappa shape index (κ2) is 5.43. The highest BCUT2D eigenvalue weighted by molar-refractivity contribution is 7.17. The van der Waals surface area contributed by atoms with E-state index in [1.165, 1.54) is 11.3 Å². The van der Waals surface area contributed by atoms with Crippen molar-refractivity contribution in [3.63, 3.8) is 0 Å². The molecule has 0 amide bonds. The van der Waals surface area contributed by atoms with Gasteiger partial charge in [-0.3, -0.25) is 4.79 Å². The molecule has 0 aliphatic heterocycles. The van der Waals surface area contributed by atoms with E-state index in [2.05, 4.69) is 30.7 Å². The number of aryl methyl sites for hydroxylation is 1. The molecule has 0 aromatic carbocycles. The zero-order valence-corrected chi connectivity index (χ0v) is 11.5. The van der Waals surface area contributed by atoms with E-state index in [4.69, 9.17) is 0 Å². The standard InChI is InChI=1S/C12H20N2OS/c1-6-7-14(8(2)3)12-13-9(4)11(16-12)10(5)15/h8H,6-7H2,1-5H3. The number of hydrogen-bond acceptors (Lipinski definition) is 4. The topological polar surface area (TPSA) is 33.2 Å². The summed E-state index contributed by atoms with van der Waals surface area (Å²) in [5.41, 5.74) is 0.856. The molecule has 3 nitrogen and oxygen atoms in total.